The van der Waals surface area contributed by atoms with E-state index in [4.69, 9.17) is 0 Å². The molecule has 5 rings (SSSR count). The van der Waals surface area contributed by atoms with E-state index in [9.17, 15) is 22.4 Å². The molecule has 1 saturated carbocycles. The smallest absolute Gasteiger partial charge is 0.272 e. The molecule has 172 valence electrons. The Morgan fingerprint density at radius 3 is 2.55 bits per heavy atom. The summed E-state index contributed by atoms with van der Waals surface area (Å²) in [6, 6.07) is 7.55. The van der Waals surface area contributed by atoms with Gasteiger partial charge >= 0.3 is 0 Å². The highest BCUT2D eigenvalue weighted by Crippen LogP contribution is 2.52. The van der Waals surface area contributed by atoms with E-state index in [1.54, 1.807) is 24.3 Å². The van der Waals surface area contributed by atoms with Crippen LogP contribution in [0.2, 0.25) is 0 Å². The SMILES string of the molecule is O=C(Nc1ccc2cnn([C@H]3CC3(F)F)c2n1)c1ccc(I)cc1N1CCC(=C(F)F)CC1. The number of halogens is 5. The fourth-order valence-corrected chi connectivity index (χ4v) is 4.51. The van der Waals surface area contributed by atoms with Gasteiger partial charge in [-0.3, -0.25) is 4.79 Å². The van der Waals surface area contributed by atoms with Crippen molar-refractivity contribution in [1.82, 2.24) is 14.8 Å². The quantitative estimate of drug-likeness (QED) is 0.327. The number of amides is 1. The Kier molecular flexibility index (Phi) is 5.53. The molecule has 1 saturated heterocycles. The lowest BCUT2D eigenvalue weighted by Crippen LogP contribution is -2.32. The van der Waals surface area contributed by atoms with E-state index in [1.165, 1.54) is 10.9 Å². The molecule has 1 aliphatic carbocycles. The minimum atomic E-state index is -2.80. The van der Waals surface area contributed by atoms with E-state index in [-0.39, 0.29) is 36.3 Å². The number of fused-ring (bicyclic) bond motifs is 1. The lowest BCUT2D eigenvalue weighted by atomic mass is 10.0. The summed E-state index contributed by atoms with van der Waals surface area (Å²) in [6.45, 7) is 0.762. The summed E-state index contributed by atoms with van der Waals surface area (Å²) in [5.41, 5.74) is 1.47. The van der Waals surface area contributed by atoms with Crippen LogP contribution in [0.1, 0.15) is 35.7 Å². The number of anilines is 2. The van der Waals surface area contributed by atoms with Crippen LogP contribution < -0.4 is 10.2 Å². The first-order valence-corrected chi connectivity index (χ1v) is 11.4. The molecule has 1 atom stereocenters. The molecule has 1 aromatic carbocycles. The van der Waals surface area contributed by atoms with Gasteiger partial charge in [-0.2, -0.15) is 13.9 Å². The van der Waals surface area contributed by atoms with E-state index in [0.29, 0.717) is 29.7 Å². The maximum absolute atomic E-state index is 13.5. The van der Waals surface area contributed by atoms with E-state index >= 15 is 0 Å². The molecule has 0 radical (unpaired) electrons. The number of nitrogens with one attached hydrogen (secondary N) is 1. The number of aromatic nitrogens is 3. The number of hydrogen-bond acceptors (Lipinski definition) is 4. The summed E-state index contributed by atoms with van der Waals surface area (Å²) >= 11 is 2.14. The number of hydrogen-bond donors (Lipinski definition) is 1. The van der Waals surface area contributed by atoms with Crippen LogP contribution in [0.4, 0.5) is 29.1 Å². The van der Waals surface area contributed by atoms with E-state index in [1.807, 2.05) is 11.0 Å². The molecule has 2 fully saturated rings. The van der Waals surface area contributed by atoms with Gasteiger partial charge in [0.1, 0.15) is 11.9 Å². The third-order valence-corrected chi connectivity index (χ3v) is 6.62. The largest absolute Gasteiger partial charge is 0.370 e. The molecule has 33 heavy (non-hydrogen) atoms. The Morgan fingerprint density at radius 1 is 1.15 bits per heavy atom. The van der Waals surface area contributed by atoms with Crippen molar-refractivity contribution in [1.29, 1.82) is 0 Å². The van der Waals surface area contributed by atoms with Gasteiger partial charge in [-0.05, 0) is 71.3 Å². The standard InChI is InChI=1S/C22H18F4IN5O/c23-19(24)12-5-7-31(8-6-12)16-9-14(27)2-3-15(16)21(33)30-18-4-1-13-11-28-32(20(13)29-18)17-10-22(17,25)26/h1-4,9,11,17H,5-8,10H2,(H,29,30,33)/t17-/m0/s1. The van der Waals surface area contributed by atoms with Gasteiger partial charge in [0.2, 0.25) is 0 Å². The van der Waals surface area contributed by atoms with Gasteiger partial charge in [0.05, 0.1) is 17.4 Å². The van der Waals surface area contributed by atoms with Crippen LogP contribution in [0.25, 0.3) is 11.0 Å². The molecular weight excluding hydrogens is 553 g/mol. The van der Waals surface area contributed by atoms with Crippen LogP contribution in [0.15, 0.2) is 48.2 Å². The minimum Gasteiger partial charge on any atom is -0.370 e. The van der Waals surface area contributed by atoms with E-state index in [0.717, 1.165) is 3.57 Å². The maximum atomic E-state index is 13.5. The summed E-state index contributed by atoms with van der Waals surface area (Å²) in [4.78, 5) is 19.4. The van der Waals surface area contributed by atoms with Crippen LogP contribution in [-0.2, 0) is 0 Å². The number of alkyl halides is 2. The second-order valence-corrected chi connectivity index (χ2v) is 9.39. The fourth-order valence-electron chi connectivity index (χ4n) is 4.03. The molecule has 2 aromatic heterocycles. The minimum absolute atomic E-state index is 0.151. The molecule has 6 nitrogen and oxygen atoms in total. The lowest BCUT2D eigenvalue weighted by Gasteiger charge is -2.31. The second-order valence-electron chi connectivity index (χ2n) is 8.15. The summed E-state index contributed by atoms with van der Waals surface area (Å²) in [5, 5.41) is 7.37. The van der Waals surface area contributed by atoms with Crippen LogP contribution in [-0.4, -0.2) is 39.7 Å². The summed E-state index contributed by atoms with van der Waals surface area (Å²) < 4.78 is 55.0. The monoisotopic (exact) mass is 571 g/mol. The van der Waals surface area contributed by atoms with Crippen molar-refractivity contribution in [2.75, 3.05) is 23.3 Å². The van der Waals surface area contributed by atoms with Crippen LogP contribution in [0.5, 0.6) is 0 Å². The molecule has 2 aliphatic rings. The average Bonchev–Trinajstić information content (AvgIpc) is 3.22. The topological polar surface area (TPSA) is 63.1 Å². The predicted octanol–water partition coefficient (Wildman–Crippen LogP) is 5.62. The molecule has 1 amide bonds. The molecule has 1 aliphatic heterocycles. The highest BCUT2D eigenvalue weighted by Gasteiger charge is 2.59. The summed E-state index contributed by atoms with van der Waals surface area (Å²) in [5.74, 6) is -3.01. The van der Waals surface area contributed by atoms with Gasteiger partial charge in [0, 0.05) is 28.5 Å². The van der Waals surface area contributed by atoms with Gasteiger partial charge in [-0.1, -0.05) is 0 Å². The Hall–Kier alpha value is -2.70. The van der Waals surface area contributed by atoms with Crippen molar-refractivity contribution >= 4 is 51.0 Å². The molecule has 0 bridgehead atoms. The third kappa shape index (κ3) is 4.30. The zero-order chi connectivity index (χ0) is 23.3. The Labute approximate surface area is 199 Å². The molecule has 0 spiro atoms. The number of carbonyl (C=O) groups excluding carboxylic acids is 1. The number of rotatable bonds is 4. The van der Waals surface area contributed by atoms with Crippen molar-refractivity contribution < 1.29 is 22.4 Å². The number of carbonyl (C=O) groups is 1. The zero-order valence-electron chi connectivity index (χ0n) is 17.2. The first-order valence-electron chi connectivity index (χ1n) is 10.3. The maximum Gasteiger partial charge on any atom is 0.272 e. The average molecular weight is 571 g/mol. The Bertz CT molecular complexity index is 1280. The molecule has 1 N–H and O–H groups in total. The van der Waals surface area contributed by atoms with E-state index < -0.39 is 24.0 Å². The first-order chi connectivity index (χ1) is 15.7. The van der Waals surface area contributed by atoms with Gasteiger partial charge in [0.25, 0.3) is 17.9 Å². The van der Waals surface area contributed by atoms with E-state index in [2.05, 4.69) is 38.0 Å². The normalized spacial score (nSPS) is 19.6. The Morgan fingerprint density at radius 2 is 1.88 bits per heavy atom. The first kappa shape index (κ1) is 22.1. The summed E-state index contributed by atoms with van der Waals surface area (Å²) in [7, 11) is 0. The number of pyridine rings is 1. The van der Waals surface area contributed by atoms with Crippen LogP contribution in [0, 0.1) is 3.57 Å². The lowest BCUT2D eigenvalue weighted by molar-refractivity contribution is 0.0988. The molecule has 3 heterocycles. The van der Waals surface area contributed by atoms with Gasteiger partial charge in [0.15, 0.2) is 5.65 Å². The number of piperidine rings is 1. The van der Waals surface area contributed by atoms with Crippen LogP contribution >= 0.6 is 22.6 Å². The molecule has 3 aromatic rings. The highest BCUT2D eigenvalue weighted by atomic mass is 127. The van der Waals surface area contributed by atoms with Crippen LogP contribution in [0.3, 0.4) is 0 Å². The molecule has 11 heteroatoms. The molecule has 0 unspecified atom stereocenters. The number of nitrogens with zero attached hydrogens (tertiary/aromatic N) is 4. The van der Waals surface area contributed by atoms with Gasteiger partial charge in [-0.25, -0.2) is 18.4 Å². The van der Waals surface area contributed by atoms with Crippen molar-refractivity contribution in [3.05, 3.63) is 57.3 Å². The predicted molar refractivity (Wildman–Crippen MR) is 124 cm³/mol. The number of benzene rings is 1. The third-order valence-electron chi connectivity index (χ3n) is 5.95. The highest BCUT2D eigenvalue weighted by molar-refractivity contribution is 14.1. The van der Waals surface area contributed by atoms with Crippen molar-refractivity contribution in [2.45, 2.75) is 31.2 Å². The second kappa shape index (κ2) is 8.26. The Balaban J connectivity index is 1.40. The zero-order valence-corrected chi connectivity index (χ0v) is 19.3. The van der Waals surface area contributed by atoms with Crippen molar-refractivity contribution in [3.63, 3.8) is 0 Å². The molecular formula is C22H18F4IN5O. The van der Waals surface area contributed by atoms with Gasteiger partial charge < -0.3 is 10.2 Å². The van der Waals surface area contributed by atoms with Crippen molar-refractivity contribution in [3.8, 4) is 0 Å². The van der Waals surface area contributed by atoms with Gasteiger partial charge in [-0.15, -0.1) is 0 Å². The van der Waals surface area contributed by atoms with Crippen molar-refractivity contribution in [2.24, 2.45) is 0 Å². The fraction of sp³-hybridized carbons (Fsp3) is 0.318. The summed E-state index contributed by atoms with van der Waals surface area (Å²) in [6.07, 6.45) is 0.0394.